The summed E-state index contributed by atoms with van der Waals surface area (Å²) in [5.74, 6) is 2.67. The third kappa shape index (κ3) is 3.81. The van der Waals surface area contributed by atoms with Crippen molar-refractivity contribution in [1.29, 1.82) is 0 Å². The molecule has 1 heterocycles. The molecule has 23 heavy (non-hydrogen) atoms. The molecule has 1 saturated carbocycles. The molecule has 2 aromatic rings. The Morgan fingerprint density at radius 1 is 1.30 bits per heavy atom. The minimum absolute atomic E-state index is 0.0493. The van der Waals surface area contributed by atoms with E-state index in [1.807, 2.05) is 30.9 Å². The van der Waals surface area contributed by atoms with Gasteiger partial charge in [0, 0.05) is 34.8 Å². The zero-order valence-corrected chi connectivity index (χ0v) is 14.8. The monoisotopic (exact) mass is 329 g/mol. The van der Waals surface area contributed by atoms with Crippen LogP contribution in [0.1, 0.15) is 25.3 Å². The van der Waals surface area contributed by atoms with Gasteiger partial charge in [0.15, 0.2) is 0 Å². The van der Waals surface area contributed by atoms with Crippen molar-refractivity contribution in [3.8, 4) is 16.9 Å². The highest BCUT2D eigenvalue weighted by molar-refractivity contribution is 7.99. The molecule has 0 atom stereocenters. The topological polar surface area (TPSA) is 31.2 Å². The Morgan fingerprint density at radius 3 is 2.74 bits per heavy atom. The summed E-state index contributed by atoms with van der Waals surface area (Å²) in [4.78, 5) is 13.2. The highest BCUT2D eigenvalue weighted by Gasteiger charge is 2.22. The molecule has 0 bridgehead atoms. The quantitative estimate of drug-likeness (QED) is 0.742. The SMILES string of the molecule is CCSc1ccc(OCC2CC2)c(-c2cc(C)c(=O)n(C)c2)c1. The lowest BCUT2D eigenvalue weighted by Crippen LogP contribution is -2.18. The average molecular weight is 329 g/mol. The number of ether oxygens (including phenoxy) is 1. The van der Waals surface area contributed by atoms with Crippen LogP contribution in [-0.2, 0) is 7.05 Å². The Morgan fingerprint density at radius 2 is 2.09 bits per heavy atom. The highest BCUT2D eigenvalue weighted by atomic mass is 32.2. The molecular weight excluding hydrogens is 306 g/mol. The summed E-state index contributed by atoms with van der Waals surface area (Å²) in [5.41, 5.74) is 2.91. The lowest BCUT2D eigenvalue weighted by atomic mass is 10.0. The summed E-state index contributed by atoms with van der Waals surface area (Å²) in [7, 11) is 1.80. The molecule has 0 radical (unpaired) electrons. The molecule has 3 nitrogen and oxygen atoms in total. The van der Waals surface area contributed by atoms with E-state index in [-0.39, 0.29) is 5.56 Å². The second-order valence-electron chi connectivity index (χ2n) is 6.17. The highest BCUT2D eigenvalue weighted by Crippen LogP contribution is 2.36. The van der Waals surface area contributed by atoms with Gasteiger partial charge >= 0.3 is 0 Å². The lowest BCUT2D eigenvalue weighted by Gasteiger charge is -2.14. The van der Waals surface area contributed by atoms with E-state index < -0.39 is 0 Å². The van der Waals surface area contributed by atoms with Crippen molar-refractivity contribution < 1.29 is 4.74 Å². The van der Waals surface area contributed by atoms with Crippen molar-refractivity contribution in [3.63, 3.8) is 0 Å². The van der Waals surface area contributed by atoms with Crippen LogP contribution in [0.4, 0.5) is 0 Å². The summed E-state index contributed by atoms with van der Waals surface area (Å²) >= 11 is 1.82. The van der Waals surface area contributed by atoms with Gasteiger partial charge in [-0.2, -0.15) is 0 Å². The van der Waals surface area contributed by atoms with Crippen LogP contribution in [0.2, 0.25) is 0 Å². The van der Waals surface area contributed by atoms with Crippen LogP contribution in [0.15, 0.2) is 40.2 Å². The minimum Gasteiger partial charge on any atom is -0.493 e. The normalized spacial score (nSPS) is 14.0. The first-order valence-electron chi connectivity index (χ1n) is 8.15. The molecule has 1 aromatic carbocycles. The van der Waals surface area contributed by atoms with Crippen LogP contribution in [0.5, 0.6) is 5.75 Å². The van der Waals surface area contributed by atoms with Crippen molar-refractivity contribution in [2.75, 3.05) is 12.4 Å². The Bertz CT molecular complexity index is 736. The number of pyridine rings is 1. The maximum absolute atomic E-state index is 12.0. The number of rotatable bonds is 6. The van der Waals surface area contributed by atoms with E-state index in [4.69, 9.17) is 4.74 Å². The van der Waals surface area contributed by atoms with E-state index in [1.165, 1.54) is 17.7 Å². The van der Waals surface area contributed by atoms with Crippen LogP contribution in [0, 0.1) is 12.8 Å². The third-order valence-electron chi connectivity index (χ3n) is 4.11. The molecule has 1 aromatic heterocycles. The van der Waals surface area contributed by atoms with Gasteiger partial charge in [-0.3, -0.25) is 4.79 Å². The number of aryl methyl sites for hydroxylation is 2. The summed E-state index contributed by atoms with van der Waals surface area (Å²) in [5, 5.41) is 0. The Labute approximate surface area is 141 Å². The van der Waals surface area contributed by atoms with Crippen LogP contribution in [-0.4, -0.2) is 16.9 Å². The molecular formula is C19H23NO2S. The standard InChI is InChI=1S/C19H23NO2S/c1-4-23-16-7-8-18(22-12-14-5-6-14)17(10-16)15-9-13(2)19(21)20(3)11-15/h7-11,14H,4-6,12H2,1-3H3. The Hall–Kier alpha value is -1.68. The molecule has 1 aliphatic carbocycles. The van der Waals surface area contributed by atoms with E-state index in [1.54, 1.807) is 11.6 Å². The van der Waals surface area contributed by atoms with E-state index in [2.05, 4.69) is 25.1 Å². The molecule has 122 valence electrons. The largest absolute Gasteiger partial charge is 0.493 e. The molecule has 1 fully saturated rings. The van der Waals surface area contributed by atoms with Gasteiger partial charge in [0.1, 0.15) is 5.75 Å². The van der Waals surface area contributed by atoms with Gasteiger partial charge in [0.05, 0.1) is 6.61 Å². The first kappa shape index (κ1) is 16.2. The van der Waals surface area contributed by atoms with Crippen molar-refractivity contribution >= 4 is 11.8 Å². The molecule has 0 N–H and O–H groups in total. The van der Waals surface area contributed by atoms with E-state index in [0.717, 1.165) is 40.7 Å². The van der Waals surface area contributed by atoms with Gasteiger partial charge in [0.2, 0.25) is 0 Å². The van der Waals surface area contributed by atoms with E-state index in [9.17, 15) is 4.79 Å². The van der Waals surface area contributed by atoms with Crippen molar-refractivity contribution in [2.45, 2.75) is 31.6 Å². The lowest BCUT2D eigenvalue weighted by molar-refractivity contribution is 0.301. The summed E-state index contributed by atoms with van der Waals surface area (Å²) in [6, 6.07) is 8.32. The second kappa shape index (κ2) is 6.83. The molecule has 4 heteroatoms. The summed E-state index contributed by atoms with van der Waals surface area (Å²) in [6.45, 7) is 4.80. The fourth-order valence-electron chi connectivity index (χ4n) is 2.63. The molecule has 3 rings (SSSR count). The Kier molecular flexibility index (Phi) is 4.81. The number of aromatic nitrogens is 1. The maximum atomic E-state index is 12.0. The number of hydrogen-bond acceptors (Lipinski definition) is 3. The van der Waals surface area contributed by atoms with Crippen LogP contribution < -0.4 is 10.3 Å². The molecule has 0 amide bonds. The zero-order chi connectivity index (χ0) is 16.4. The number of thioether (sulfide) groups is 1. The average Bonchev–Trinajstić information content (AvgIpc) is 3.35. The molecule has 0 unspecified atom stereocenters. The maximum Gasteiger partial charge on any atom is 0.253 e. The smallest absolute Gasteiger partial charge is 0.253 e. The van der Waals surface area contributed by atoms with Gasteiger partial charge in [-0.1, -0.05) is 6.92 Å². The molecule has 1 aliphatic rings. The number of nitrogens with zero attached hydrogens (tertiary/aromatic N) is 1. The number of hydrogen-bond donors (Lipinski definition) is 0. The fourth-order valence-corrected chi connectivity index (χ4v) is 3.33. The first-order valence-corrected chi connectivity index (χ1v) is 9.14. The summed E-state index contributed by atoms with van der Waals surface area (Å²) in [6.07, 6.45) is 4.45. The first-order chi connectivity index (χ1) is 11.1. The second-order valence-corrected chi connectivity index (χ2v) is 7.51. The van der Waals surface area contributed by atoms with Crippen molar-refractivity contribution in [3.05, 3.63) is 46.4 Å². The summed E-state index contributed by atoms with van der Waals surface area (Å²) < 4.78 is 7.71. The van der Waals surface area contributed by atoms with Gasteiger partial charge in [-0.25, -0.2) is 0 Å². The third-order valence-corrected chi connectivity index (χ3v) is 4.98. The van der Waals surface area contributed by atoms with E-state index >= 15 is 0 Å². The molecule has 0 saturated heterocycles. The predicted octanol–water partition coefficient (Wildman–Crippen LogP) is 4.26. The van der Waals surface area contributed by atoms with Gasteiger partial charge in [-0.15, -0.1) is 11.8 Å². The fraction of sp³-hybridized carbons (Fsp3) is 0.421. The van der Waals surface area contributed by atoms with Crippen molar-refractivity contribution in [1.82, 2.24) is 4.57 Å². The molecule has 0 aliphatic heterocycles. The van der Waals surface area contributed by atoms with Crippen LogP contribution in [0.3, 0.4) is 0 Å². The molecule has 0 spiro atoms. The predicted molar refractivity (Wildman–Crippen MR) is 96.5 cm³/mol. The van der Waals surface area contributed by atoms with Crippen LogP contribution in [0.25, 0.3) is 11.1 Å². The van der Waals surface area contributed by atoms with Crippen molar-refractivity contribution in [2.24, 2.45) is 13.0 Å². The van der Waals surface area contributed by atoms with Crippen LogP contribution >= 0.6 is 11.8 Å². The Balaban J connectivity index is 2.02. The van der Waals surface area contributed by atoms with Gasteiger partial charge in [-0.05, 0) is 55.7 Å². The van der Waals surface area contributed by atoms with Gasteiger partial charge in [0.25, 0.3) is 5.56 Å². The van der Waals surface area contributed by atoms with Gasteiger partial charge < -0.3 is 9.30 Å². The van der Waals surface area contributed by atoms with E-state index in [0.29, 0.717) is 0 Å². The zero-order valence-electron chi connectivity index (χ0n) is 14.0. The number of benzene rings is 1. The minimum atomic E-state index is 0.0493.